The number of para-hydroxylation sites is 1. The lowest BCUT2D eigenvalue weighted by Gasteiger charge is -2.09. The standard InChI is InChI=1S/C18H17ClN2O2S/c1-12-4-3-5-13(2)17(12)22-10-16-20-21-18(23-16)24-11-14-6-8-15(19)9-7-14/h3-9H,10-11H2,1-2H3. The van der Waals surface area contributed by atoms with Crippen molar-refractivity contribution in [2.45, 2.75) is 31.4 Å². The molecule has 0 aliphatic heterocycles. The Kier molecular flexibility index (Phi) is 5.43. The Morgan fingerprint density at radius 2 is 1.75 bits per heavy atom. The maximum absolute atomic E-state index is 5.88. The third kappa shape index (κ3) is 4.30. The third-order valence-corrected chi connectivity index (χ3v) is 4.61. The van der Waals surface area contributed by atoms with Gasteiger partial charge < -0.3 is 9.15 Å². The van der Waals surface area contributed by atoms with Gasteiger partial charge in [-0.15, -0.1) is 10.2 Å². The van der Waals surface area contributed by atoms with Gasteiger partial charge in [-0.3, -0.25) is 0 Å². The molecule has 0 N–H and O–H groups in total. The number of ether oxygens (including phenoxy) is 1. The van der Waals surface area contributed by atoms with Crippen molar-refractivity contribution >= 4 is 23.4 Å². The molecule has 6 heteroatoms. The van der Waals surface area contributed by atoms with Crippen molar-refractivity contribution in [3.8, 4) is 5.75 Å². The van der Waals surface area contributed by atoms with Crippen LogP contribution in [-0.4, -0.2) is 10.2 Å². The molecule has 0 spiro atoms. The molecule has 1 heterocycles. The predicted octanol–water partition coefficient (Wildman–Crippen LogP) is 5.21. The highest BCUT2D eigenvalue weighted by atomic mass is 35.5. The normalized spacial score (nSPS) is 10.8. The second-order valence-electron chi connectivity index (χ2n) is 5.39. The Balaban J connectivity index is 1.56. The van der Waals surface area contributed by atoms with Crippen molar-refractivity contribution in [3.63, 3.8) is 0 Å². The van der Waals surface area contributed by atoms with Crippen LogP contribution in [0.5, 0.6) is 5.75 Å². The first-order chi connectivity index (χ1) is 11.6. The summed E-state index contributed by atoms with van der Waals surface area (Å²) in [6, 6.07) is 13.8. The molecule has 1 aromatic heterocycles. The number of nitrogens with zero attached hydrogens (tertiary/aromatic N) is 2. The number of halogens is 1. The van der Waals surface area contributed by atoms with E-state index in [-0.39, 0.29) is 6.61 Å². The molecule has 0 radical (unpaired) electrons. The van der Waals surface area contributed by atoms with Gasteiger partial charge in [0.15, 0.2) is 6.61 Å². The van der Waals surface area contributed by atoms with Gasteiger partial charge in [0, 0.05) is 10.8 Å². The van der Waals surface area contributed by atoms with E-state index in [9.17, 15) is 0 Å². The average Bonchev–Trinajstić information content (AvgIpc) is 3.02. The number of benzene rings is 2. The van der Waals surface area contributed by atoms with Gasteiger partial charge in [-0.1, -0.05) is 53.7 Å². The fraction of sp³-hybridized carbons (Fsp3) is 0.222. The summed E-state index contributed by atoms with van der Waals surface area (Å²) < 4.78 is 11.4. The fourth-order valence-electron chi connectivity index (χ4n) is 2.24. The van der Waals surface area contributed by atoms with Gasteiger partial charge in [-0.05, 0) is 42.7 Å². The Hall–Kier alpha value is -1.98. The summed E-state index contributed by atoms with van der Waals surface area (Å²) in [5.74, 6) is 2.08. The SMILES string of the molecule is Cc1cccc(C)c1OCc1nnc(SCc2ccc(Cl)cc2)o1. The highest BCUT2D eigenvalue weighted by Crippen LogP contribution is 2.25. The van der Waals surface area contributed by atoms with E-state index in [0.29, 0.717) is 11.1 Å². The van der Waals surface area contributed by atoms with Crippen molar-refractivity contribution < 1.29 is 9.15 Å². The van der Waals surface area contributed by atoms with Crippen LogP contribution in [0.25, 0.3) is 0 Å². The average molecular weight is 361 g/mol. The minimum Gasteiger partial charge on any atom is -0.483 e. The molecule has 0 atom stereocenters. The van der Waals surface area contributed by atoms with E-state index in [1.807, 2.05) is 56.3 Å². The Bertz CT molecular complexity index is 798. The van der Waals surface area contributed by atoms with Crippen molar-refractivity contribution in [1.82, 2.24) is 10.2 Å². The lowest BCUT2D eigenvalue weighted by atomic mass is 10.1. The first kappa shape index (κ1) is 16.9. The van der Waals surface area contributed by atoms with Crippen LogP contribution >= 0.6 is 23.4 Å². The summed E-state index contributed by atoms with van der Waals surface area (Å²) >= 11 is 7.37. The van der Waals surface area contributed by atoms with Gasteiger partial charge in [-0.2, -0.15) is 0 Å². The Morgan fingerprint density at radius 3 is 2.46 bits per heavy atom. The predicted molar refractivity (Wildman–Crippen MR) is 95.6 cm³/mol. The molecular weight excluding hydrogens is 344 g/mol. The maximum atomic E-state index is 5.88. The molecule has 0 saturated carbocycles. The van der Waals surface area contributed by atoms with Crippen LogP contribution in [-0.2, 0) is 12.4 Å². The minimum absolute atomic E-state index is 0.264. The van der Waals surface area contributed by atoms with E-state index in [4.69, 9.17) is 20.8 Å². The van der Waals surface area contributed by atoms with E-state index < -0.39 is 0 Å². The summed E-state index contributed by atoms with van der Waals surface area (Å²) in [4.78, 5) is 0. The summed E-state index contributed by atoms with van der Waals surface area (Å²) in [6.45, 7) is 4.30. The van der Waals surface area contributed by atoms with Crippen LogP contribution < -0.4 is 4.74 Å². The quantitative estimate of drug-likeness (QED) is 0.564. The maximum Gasteiger partial charge on any atom is 0.277 e. The zero-order valence-corrected chi connectivity index (χ0v) is 15.0. The van der Waals surface area contributed by atoms with E-state index in [2.05, 4.69) is 10.2 Å². The molecule has 0 aliphatic carbocycles. The minimum atomic E-state index is 0.264. The van der Waals surface area contributed by atoms with Gasteiger partial charge in [0.1, 0.15) is 5.75 Å². The van der Waals surface area contributed by atoms with Crippen molar-refractivity contribution in [2.24, 2.45) is 0 Å². The molecule has 3 rings (SSSR count). The zero-order chi connectivity index (χ0) is 16.9. The molecule has 0 fully saturated rings. The number of hydrogen-bond acceptors (Lipinski definition) is 5. The van der Waals surface area contributed by atoms with Crippen LogP contribution in [0.15, 0.2) is 52.1 Å². The largest absolute Gasteiger partial charge is 0.483 e. The fourth-order valence-corrected chi connectivity index (χ4v) is 3.10. The number of hydrogen-bond donors (Lipinski definition) is 0. The van der Waals surface area contributed by atoms with Gasteiger partial charge in [0.05, 0.1) is 0 Å². The molecule has 0 bridgehead atoms. The molecule has 24 heavy (non-hydrogen) atoms. The van der Waals surface area contributed by atoms with Crippen LogP contribution in [0.2, 0.25) is 5.02 Å². The van der Waals surface area contributed by atoms with Crippen LogP contribution in [0.1, 0.15) is 22.6 Å². The summed E-state index contributed by atoms with van der Waals surface area (Å²) in [7, 11) is 0. The van der Waals surface area contributed by atoms with E-state index in [0.717, 1.165) is 33.2 Å². The summed E-state index contributed by atoms with van der Waals surface area (Å²) in [5, 5.41) is 9.34. The smallest absolute Gasteiger partial charge is 0.277 e. The second kappa shape index (κ2) is 7.73. The molecule has 4 nitrogen and oxygen atoms in total. The van der Waals surface area contributed by atoms with Gasteiger partial charge in [0.2, 0.25) is 0 Å². The van der Waals surface area contributed by atoms with E-state index in [1.54, 1.807) is 0 Å². The molecule has 0 saturated heterocycles. The van der Waals surface area contributed by atoms with Crippen molar-refractivity contribution in [3.05, 3.63) is 70.1 Å². The van der Waals surface area contributed by atoms with Crippen molar-refractivity contribution in [2.75, 3.05) is 0 Å². The monoisotopic (exact) mass is 360 g/mol. The number of rotatable bonds is 6. The molecule has 3 aromatic rings. The lowest BCUT2D eigenvalue weighted by Crippen LogP contribution is -1.99. The molecule has 2 aromatic carbocycles. The first-order valence-electron chi connectivity index (χ1n) is 7.50. The van der Waals surface area contributed by atoms with Crippen LogP contribution in [0.4, 0.5) is 0 Å². The highest BCUT2D eigenvalue weighted by molar-refractivity contribution is 7.98. The number of aromatic nitrogens is 2. The summed E-state index contributed by atoms with van der Waals surface area (Å²) in [5.41, 5.74) is 3.33. The number of thioether (sulfide) groups is 1. The van der Waals surface area contributed by atoms with Gasteiger partial charge in [-0.25, -0.2) is 0 Å². The summed E-state index contributed by atoms with van der Waals surface area (Å²) in [6.07, 6.45) is 0. The molecule has 0 unspecified atom stereocenters. The molecular formula is C18H17ClN2O2S. The Morgan fingerprint density at radius 1 is 1.04 bits per heavy atom. The van der Waals surface area contributed by atoms with Gasteiger partial charge >= 0.3 is 0 Å². The van der Waals surface area contributed by atoms with Crippen LogP contribution in [0.3, 0.4) is 0 Å². The van der Waals surface area contributed by atoms with E-state index in [1.165, 1.54) is 11.8 Å². The zero-order valence-electron chi connectivity index (χ0n) is 13.5. The molecule has 0 amide bonds. The lowest BCUT2D eigenvalue weighted by molar-refractivity contribution is 0.249. The topological polar surface area (TPSA) is 48.2 Å². The Labute approximate surface area is 150 Å². The number of aryl methyl sites for hydroxylation is 2. The van der Waals surface area contributed by atoms with Gasteiger partial charge in [0.25, 0.3) is 11.1 Å². The highest BCUT2D eigenvalue weighted by Gasteiger charge is 2.10. The van der Waals surface area contributed by atoms with Crippen molar-refractivity contribution in [1.29, 1.82) is 0 Å². The van der Waals surface area contributed by atoms with Crippen LogP contribution in [0, 0.1) is 13.8 Å². The first-order valence-corrected chi connectivity index (χ1v) is 8.87. The molecule has 0 aliphatic rings. The van der Waals surface area contributed by atoms with E-state index >= 15 is 0 Å². The molecule has 124 valence electrons. The third-order valence-electron chi connectivity index (χ3n) is 3.47. The second-order valence-corrected chi connectivity index (χ2v) is 6.75.